The zero-order valence-electron chi connectivity index (χ0n) is 15.7. The van der Waals surface area contributed by atoms with Crippen LogP contribution in [0.3, 0.4) is 0 Å². The maximum absolute atomic E-state index is 12.6. The normalized spacial score (nSPS) is 18.9. The fourth-order valence-electron chi connectivity index (χ4n) is 4.01. The number of fused-ring (bicyclic) bond motifs is 3. The summed E-state index contributed by atoms with van der Waals surface area (Å²) in [4.78, 5) is 16.1. The number of aromatic nitrogens is 1. The molecular weight excluding hydrogens is 338 g/mol. The molecule has 2 aromatic carbocycles. The Morgan fingerprint density at radius 1 is 1.30 bits per heavy atom. The molecule has 0 saturated carbocycles. The molecule has 0 bridgehead atoms. The van der Waals surface area contributed by atoms with E-state index < -0.39 is 0 Å². The first kappa shape index (κ1) is 17.6. The quantitative estimate of drug-likeness (QED) is 0.643. The molecule has 1 aliphatic carbocycles. The highest BCUT2D eigenvalue weighted by Crippen LogP contribution is 2.38. The molecular formula is C22H25N3O2. The molecule has 4 rings (SSSR count). The van der Waals surface area contributed by atoms with Gasteiger partial charge >= 0.3 is 0 Å². The van der Waals surface area contributed by atoms with Crippen LogP contribution in [0.15, 0.2) is 42.5 Å². The number of hydrogen-bond donors (Lipinski definition) is 3. The van der Waals surface area contributed by atoms with Crippen LogP contribution in [0.25, 0.3) is 10.9 Å². The van der Waals surface area contributed by atoms with Gasteiger partial charge < -0.3 is 20.8 Å². The van der Waals surface area contributed by atoms with E-state index in [1.165, 1.54) is 5.56 Å². The summed E-state index contributed by atoms with van der Waals surface area (Å²) < 4.78 is 5.20. The number of anilines is 1. The van der Waals surface area contributed by atoms with Gasteiger partial charge in [-0.3, -0.25) is 4.79 Å². The minimum Gasteiger partial charge on any atom is -0.497 e. The Morgan fingerprint density at radius 3 is 2.93 bits per heavy atom. The average molecular weight is 363 g/mol. The number of nitrogens with two attached hydrogens (primary N) is 1. The summed E-state index contributed by atoms with van der Waals surface area (Å²) >= 11 is 0. The van der Waals surface area contributed by atoms with E-state index in [2.05, 4.69) is 17.2 Å². The molecule has 0 fully saturated rings. The molecule has 1 aliphatic rings. The van der Waals surface area contributed by atoms with Crippen LogP contribution in [-0.2, 0) is 6.42 Å². The summed E-state index contributed by atoms with van der Waals surface area (Å²) in [7, 11) is 1.59. The Labute approximate surface area is 158 Å². The van der Waals surface area contributed by atoms with Crippen molar-refractivity contribution < 1.29 is 9.53 Å². The van der Waals surface area contributed by atoms with Gasteiger partial charge in [0.05, 0.1) is 7.11 Å². The van der Waals surface area contributed by atoms with E-state index in [4.69, 9.17) is 10.5 Å². The Morgan fingerprint density at radius 2 is 2.15 bits per heavy atom. The molecule has 4 N–H and O–H groups in total. The molecule has 5 heteroatoms. The lowest BCUT2D eigenvalue weighted by molar-refractivity contribution is 0.102. The zero-order valence-corrected chi connectivity index (χ0v) is 15.7. The van der Waals surface area contributed by atoms with Gasteiger partial charge in [0.2, 0.25) is 0 Å². The Hall–Kier alpha value is -2.79. The molecule has 0 saturated heterocycles. The van der Waals surface area contributed by atoms with Crippen molar-refractivity contribution in [3.8, 4) is 5.75 Å². The van der Waals surface area contributed by atoms with Crippen LogP contribution >= 0.6 is 0 Å². The fraction of sp³-hybridized carbons (Fsp3) is 0.318. The summed E-state index contributed by atoms with van der Waals surface area (Å²) in [6.45, 7) is 2.22. The molecule has 140 valence electrons. The Balaban J connectivity index is 1.64. The van der Waals surface area contributed by atoms with Crippen molar-refractivity contribution >= 4 is 22.5 Å². The largest absolute Gasteiger partial charge is 0.497 e. The van der Waals surface area contributed by atoms with Gasteiger partial charge in [0.25, 0.3) is 5.91 Å². The number of hydrogen-bond acceptors (Lipinski definition) is 3. The van der Waals surface area contributed by atoms with E-state index in [1.807, 2.05) is 30.3 Å². The van der Waals surface area contributed by atoms with Crippen LogP contribution < -0.4 is 15.8 Å². The third-order valence-corrected chi connectivity index (χ3v) is 5.56. The van der Waals surface area contributed by atoms with Crippen LogP contribution in [0.5, 0.6) is 5.75 Å². The van der Waals surface area contributed by atoms with Gasteiger partial charge in [-0.25, -0.2) is 0 Å². The van der Waals surface area contributed by atoms with E-state index in [-0.39, 0.29) is 11.9 Å². The summed E-state index contributed by atoms with van der Waals surface area (Å²) in [5.74, 6) is 1.12. The van der Waals surface area contributed by atoms with Gasteiger partial charge in [0.15, 0.2) is 0 Å². The van der Waals surface area contributed by atoms with Crippen molar-refractivity contribution in [1.82, 2.24) is 4.98 Å². The first-order chi connectivity index (χ1) is 13.1. The van der Waals surface area contributed by atoms with Gasteiger partial charge in [-0.15, -0.1) is 0 Å². The smallest absolute Gasteiger partial charge is 0.255 e. The van der Waals surface area contributed by atoms with E-state index in [0.717, 1.165) is 41.5 Å². The second-order valence-corrected chi connectivity index (χ2v) is 7.28. The molecule has 3 aromatic rings. The lowest BCUT2D eigenvalue weighted by Crippen LogP contribution is -2.23. The zero-order chi connectivity index (χ0) is 19.0. The monoisotopic (exact) mass is 363 g/mol. The number of carbonyl (C=O) groups excluding carboxylic acids is 1. The maximum Gasteiger partial charge on any atom is 0.255 e. The van der Waals surface area contributed by atoms with E-state index in [9.17, 15) is 4.79 Å². The molecule has 1 heterocycles. The standard InChI is InChI=1S/C22H25N3O2/c1-3-13-9-18-17-12-15(7-8-20(17)25-21(18)19(23)10-13)24-22(26)14-5-4-6-16(11-14)27-2/h4-8,11-13,19,25H,3,9-10,23H2,1-2H3,(H,24,26). The minimum absolute atomic E-state index is 0.0564. The number of ether oxygens (including phenoxy) is 1. The number of nitrogens with one attached hydrogen (secondary N) is 2. The predicted octanol–water partition coefficient (Wildman–Crippen LogP) is 4.40. The van der Waals surface area contributed by atoms with Gasteiger partial charge in [0, 0.05) is 33.9 Å². The number of methoxy groups -OCH3 is 1. The molecule has 2 atom stereocenters. The molecule has 1 aromatic heterocycles. The summed E-state index contributed by atoms with van der Waals surface area (Å²) in [5.41, 5.74) is 11.3. The topological polar surface area (TPSA) is 80.1 Å². The SMILES string of the molecule is CCC1Cc2c([nH]c3ccc(NC(=O)c4cccc(OC)c4)cc23)C(N)C1. The van der Waals surface area contributed by atoms with Crippen LogP contribution in [0.1, 0.15) is 47.4 Å². The number of amides is 1. The van der Waals surface area contributed by atoms with Crippen molar-refractivity contribution in [2.45, 2.75) is 32.2 Å². The second-order valence-electron chi connectivity index (χ2n) is 7.28. The average Bonchev–Trinajstić information content (AvgIpc) is 3.06. The lowest BCUT2D eigenvalue weighted by atomic mass is 9.82. The van der Waals surface area contributed by atoms with Crippen molar-refractivity contribution in [2.75, 3.05) is 12.4 Å². The number of H-pyrrole nitrogens is 1. The first-order valence-corrected chi connectivity index (χ1v) is 9.44. The van der Waals surface area contributed by atoms with Crippen LogP contribution in [0, 0.1) is 5.92 Å². The van der Waals surface area contributed by atoms with Gasteiger partial charge in [-0.05, 0) is 60.7 Å². The van der Waals surface area contributed by atoms with Crippen LogP contribution in [0.4, 0.5) is 5.69 Å². The number of rotatable bonds is 4. The third kappa shape index (κ3) is 3.30. The van der Waals surface area contributed by atoms with Crippen molar-refractivity contribution in [3.05, 3.63) is 59.3 Å². The van der Waals surface area contributed by atoms with E-state index in [0.29, 0.717) is 17.2 Å². The Bertz CT molecular complexity index is 992. The van der Waals surface area contributed by atoms with Gasteiger partial charge in [-0.2, -0.15) is 0 Å². The number of aromatic amines is 1. The third-order valence-electron chi connectivity index (χ3n) is 5.56. The van der Waals surface area contributed by atoms with E-state index >= 15 is 0 Å². The Kier molecular flexibility index (Phi) is 4.62. The lowest BCUT2D eigenvalue weighted by Gasteiger charge is -2.26. The maximum atomic E-state index is 12.6. The first-order valence-electron chi connectivity index (χ1n) is 9.44. The van der Waals surface area contributed by atoms with Crippen molar-refractivity contribution in [1.29, 1.82) is 0 Å². The highest BCUT2D eigenvalue weighted by molar-refractivity contribution is 6.05. The molecule has 0 aliphatic heterocycles. The molecule has 0 spiro atoms. The van der Waals surface area contributed by atoms with E-state index in [1.54, 1.807) is 19.2 Å². The summed E-state index contributed by atoms with van der Waals surface area (Å²) in [5, 5.41) is 4.15. The van der Waals surface area contributed by atoms with Crippen LogP contribution in [0.2, 0.25) is 0 Å². The fourth-order valence-corrected chi connectivity index (χ4v) is 4.01. The minimum atomic E-state index is -0.152. The highest BCUT2D eigenvalue weighted by Gasteiger charge is 2.27. The second kappa shape index (κ2) is 7.08. The molecule has 5 nitrogen and oxygen atoms in total. The number of carbonyl (C=O) groups is 1. The molecule has 0 radical (unpaired) electrons. The predicted molar refractivity (Wildman–Crippen MR) is 108 cm³/mol. The highest BCUT2D eigenvalue weighted by atomic mass is 16.5. The van der Waals surface area contributed by atoms with Gasteiger partial charge in [0.1, 0.15) is 5.75 Å². The number of benzene rings is 2. The summed E-state index contributed by atoms with van der Waals surface area (Å²) in [6.07, 6.45) is 3.19. The molecule has 2 unspecified atom stereocenters. The van der Waals surface area contributed by atoms with Crippen molar-refractivity contribution in [2.24, 2.45) is 11.7 Å². The summed E-state index contributed by atoms with van der Waals surface area (Å²) in [6, 6.07) is 13.2. The van der Waals surface area contributed by atoms with Gasteiger partial charge in [-0.1, -0.05) is 19.4 Å². The van der Waals surface area contributed by atoms with Crippen molar-refractivity contribution in [3.63, 3.8) is 0 Å². The van der Waals surface area contributed by atoms with Crippen LogP contribution in [-0.4, -0.2) is 18.0 Å². The molecule has 27 heavy (non-hydrogen) atoms. The molecule has 1 amide bonds.